The topological polar surface area (TPSA) is 63.4 Å². The van der Waals surface area contributed by atoms with Gasteiger partial charge in [-0.3, -0.25) is 0 Å². The quantitative estimate of drug-likeness (QED) is 0.792. The third kappa shape index (κ3) is 2.27. The molecule has 84 valence electrons. The lowest BCUT2D eigenvalue weighted by molar-refractivity contribution is 0.478. The van der Waals surface area contributed by atoms with Gasteiger partial charge in [-0.2, -0.15) is 0 Å². The molecule has 0 unspecified atom stereocenters. The fourth-order valence-corrected chi connectivity index (χ4v) is 2.29. The first kappa shape index (κ1) is 11.9. The van der Waals surface area contributed by atoms with Gasteiger partial charge in [0.2, 0.25) is 10.0 Å². The number of nitrogens with two attached hydrogens (primary N) is 1. The van der Waals surface area contributed by atoms with Crippen LogP contribution in [0, 0.1) is 5.82 Å². The van der Waals surface area contributed by atoms with E-state index in [2.05, 4.69) is 0 Å². The molecule has 0 spiro atoms. The van der Waals surface area contributed by atoms with E-state index in [1.54, 1.807) is 6.92 Å². The number of nitrogen functional groups attached to an aromatic ring is 1. The number of sulfonamides is 1. The molecule has 1 aromatic carbocycles. The van der Waals surface area contributed by atoms with Gasteiger partial charge in [-0.25, -0.2) is 17.1 Å². The molecular formula is C9H13FN2O2S. The van der Waals surface area contributed by atoms with E-state index < -0.39 is 15.8 Å². The highest BCUT2D eigenvalue weighted by Crippen LogP contribution is 2.19. The zero-order chi connectivity index (χ0) is 11.6. The predicted octanol–water partition coefficient (Wildman–Crippen LogP) is 1.05. The molecule has 0 radical (unpaired) electrons. The molecule has 0 amide bonds. The summed E-state index contributed by atoms with van der Waals surface area (Å²) in [6.07, 6.45) is 0. The van der Waals surface area contributed by atoms with Crippen molar-refractivity contribution in [3.63, 3.8) is 0 Å². The second kappa shape index (κ2) is 4.16. The van der Waals surface area contributed by atoms with Gasteiger partial charge >= 0.3 is 0 Å². The average molecular weight is 232 g/mol. The molecule has 0 bridgehead atoms. The van der Waals surface area contributed by atoms with Crippen LogP contribution in [-0.4, -0.2) is 26.3 Å². The van der Waals surface area contributed by atoms with E-state index in [4.69, 9.17) is 5.73 Å². The first-order valence-electron chi connectivity index (χ1n) is 4.41. The number of anilines is 1. The molecule has 0 saturated carbocycles. The van der Waals surface area contributed by atoms with E-state index >= 15 is 0 Å². The molecule has 1 rings (SSSR count). The molecule has 0 atom stereocenters. The molecule has 0 aliphatic rings. The summed E-state index contributed by atoms with van der Waals surface area (Å²) in [6, 6.07) is 3.53. The molecule has 0 aliphatic carbocycles. The van der Waals surface area contributed by atoms with E-state index in [0.29, 0.717) is 0 Å². The summed E-state index contributed by atoms with van der Waals surface area (Å²) in [5, 5.41) is 0. The molecule has 1 aromatic rings. The minimum absolute atomic E-state index is 0.200. The van der Waals surface area contributed by atoms with Crippen molar-refractivity contribution in [3.8, 4) is 0 Å². The van der Waals surface area contributed by atoms with Crippen LogP contribution < -0.4 is 5.73 Å². The summed E-state index contributed by atoms with van der Waals surface area (Å²) in [4.78, 5) is -0.346. The average Bonchev–Trinajstić information content (AvgIpc) is 2.15. The smallest absolute Gasteiger partial charge is 0.245 e. The lowest BCUT2D eigenvalue weighted by Gasteiger charge is -2.15. The van der Waals surface area contributed by atoms with E-state index in [1.165, 1.54) is 19.2 Å². The Morgan fingerprint density at radius 2 is 2.07 bits per heavy atom. The molecule has 0 saturated heterocycles. The van der Waals surface area contributed by atoms with Gasteiger partial charge in [-0.05, 0) is 18.2 Å². The van der Waals surface area contributed by atoms with Crippen LogP contribution in [0.15, 0.2) is 23.1 Å². The molecule has 0 aliphatic heterocycles. The monoisotopic (exact) mass is 232 g/mol. The normalized spacial score (nSPS) is 12.0. The van der Waals surface area contributed by atoms with Gasteiger partial charge in [0.15, 0.2) is 0 Å². The van der Waals surface area contributed by atoms with Crippen LogP contribution in [0.3, 0.4) is 0 Å². The van der Waals surface area contributed by atoms with Gasteiger partial charge in [0.05, 0.1) is 0 Å². The van der Waals surface area contributed by atoms with Crippen molar-refractivity contribution in [2.45, 2.75) is 11.8 Å². The molecule has 0 aromatic heterocycles. The Hall–Kier alpha value is -1.14. The van der Waals surface area contributed by atoms with Crippen molar-refractivity contribution in [1.82, 2.24) is 4.31 Å². The summed E-state index contributed by atoms with van der Waals surface area (Å²) in [5.41, 5.74) is 5.53. The number of nitrogens with zero attached hydrogens (tertiary/aromatic N) is 1. The highest BCUT2D eigenvalue weighted by molar-refractivity contribution is 7.89. The Bertz CT molecular complexity index is 459. The second-order valence-electron chi connectivity index (χ2n) is 3.11. The highest BCUT2D eigenvalue weighted by Gasteiger charge is 2.22. The van der Waals surface area contributed by atoms with Gasteiger partial charge < -0.3 is 5.73 Å². The Morgan fingerprint density at radius 3 is 2.53 bits per heavy atom. The zero-order valence-electron chi connectivity index (χ0n) is 8.57. The molecule has 4 nitrogen and oxygen atoms in total. The van der Waals surface area contributed by atoms with Gasteiger partial charge in [0.25, 0.3) is 0 Å². The molecule has 15 heavy (non-hydrogen) atoms. The number of rotatable bonds is 3. The number of benzene rings is 1. The van der Waals surface area contributed by atoms with Crippen molar-refractivity contribution in [3.05, 3.63) is 24.0 Å². The van der Waals surface area contributed by atoms with Crippen molar-refractivity contribution in [2.24, 2.45) is 0 Å². The standard InChI is InChI=1S/C9H13FN2O2S/c1-3-12(2)15(13,14)9-5-4-7(11)6-8(9)10/h4-6H,3,11H2,1-2H3. The van der Waals surface area contributed by atoms with E-state index in [0.717, 1.165) is 10.4 Å². The Kier molecular flexibility index (Phi) is 3.31. The van der Waals surface area contributed by atoms with Crippen LogP contribution in [0.2, 0.25) is 0 Å². The number of hydrogen-bond donors (Lipinski definition) is 1. The van der Waals surface area contributed by atoms with Crippen LogP contribution in [0.4, 0.5) is 10.1 Å². The van der Waals surface area contributed by atoms with Gasteiger partial charge in [-0.15, -0.1) is 0 Å². The van der Waals surface area contributed by atoms with Gasteiger partial charge in [0.1, 0.15) is 10.7 Å². The lowest BCUT2D eigenvalue weighted by Crippen LogP contribution is -2.27. The first-order chi connectivity index (χ1) is 6.89. The van der Waals surface area contributed by atoms with E-state index in [-0.39, 0.29) is 17.1 Å². The number of halogens is 1. The van der Waals surface area contributed by atoms with Gasteiger partial charge in [-0.1, -0.05) is 6.92 Å². The maximum absolute atomic E-state index is 13.4. The first-order valence-corrected chi connectivity index (χ1v) is 5.85. The SMILES string of the molecule is CCN(C)S(=O)(=O)c1ccc(N)cc1F. The Balaban J connectivity index is 3.28. The Morgan fingerprint density at radius 1 is 1.47 bits per heavy atom. The summed E-state index contributed by atoms with van der Waals surface area (Å²) < 4.78 is 37.9. The third-order valence-electron chi connectivity index (χ3n) is 2.09. The maximum atomic E-state index is 13.4. The van der Waals surface area contributed by atoms with Crippen LogP contribution in [0.25, 0.3) is 0 Å². The molecular weight excluding hydrogens is 219 g/mol. The maximum Gasteiger partial charge on any atom is 0.245 e. The fourth-order valence-electron chi connectivity index (χ4n) is 1.06. The lowest BCUT2D eigenvalue weighted by atomic mass is 10.3. The third-order valence-corrected chi connectivity index (χ3v) is 4.06. The zero-order valence-corrected chi connectivity index (χ0v) is 9.38. The van der Waals surface area contributed by atoms with E-state index in [1.807, 2.05) is 0 Å². The predicted molar refractivity (Wildman–Crippen MR) is 56.3 cm³/mol. The van der Waals surface area contributed by atoms with Gasteiger partial charge in [0, 0.05) is 19.3 Å². The largest absolute Gasteiger partial charge is 0.399 e. The summed E-state index contributed by atoms with van der Waals surface area (Å²) in [7, 11) is -2.34. The molecule has 0 heterocycles. The minimum Gasteiger partial charge on any atom is -0.399 e. The number of hydrogen-bond acceptors (Lipinski definition) is 3. The highest BCUT2D eigenvalue weighted by atomic mass is 32.2. The van der Waals surface area contributed by atoms with Crippen LogP contribution in [0.1, 0.15) is 6.92 Å². The van der Waals surface area contributed by atoms with E-state index in [9.17, 15) is 12.8 Å². The van der Waals surface area contributed by atoms with Crippen molar-refractivity contribution < 1.29 is 12.8 Å². The van der Waals surface area contributed by atoms with Crippen molar-refractivity contribution in [1.29, 1.82) is 0 Å². The van der Waals surface area contributed by atoms with Crippen molar-refractivity contribution >= 4 is 15.7 Å². The molecule has 0 fully saturated rings. The van der Waals surface area contributed by atoms with Crippen LogP contribution >= 0.6 is 0 Å². The summed E-state index contributed by atoms with van der Waals surface area (Å²) in [6.45, 7) is 1.96. The molecule has 2 N–H and O–H groups in total. The van der Waals surface area contributed by atoms with Crippen LogP contribution in [-0.2, 0) is 10.0 Å². The molecule has 6 heteroatoms. The van der Waals surface area contributed by atoms with Crippen LogP contribution in [0.5, 0.6) is 0 Å². The summed E-state index contributed by atoms with van der Waals surface area (Å²) in [5.74, 6) is -0.824. The van der Waals surface area contributed by atoms with Crippen molar-refractivity contribution in [2.75, 3.05) is 19.3 Å². The fraction of sp³-hybridized carbons (Fsp3) is 0.333. The summed E-state index contributed by atoms with van der Waals surface area (Å²) >= 11 is 0. The second-order valence-corrected chi connectivity index (χ2v) is 5.12. The minimum atomic E-state index is -3.73. The Labute approximate surface area is 88.6 Å².